The highest BCUT2D eigenvalue weighted by Crippen LogP contribution is 2.16. The van der Waals surface area contributed by atoms with E-state index in [1.807, 2.05) is 0 Å². The molecule has 5 nitrogen and oxygen atoms in total. The molecule has 1 atom stereocenters. The monoisotopic (exact) mass is 270 g/mol. The van der Waals surface area contributed by atoms with Gasteiger partial charge >= 0.3 is 12.0 Å². The smallest absolute Gasteiger partial charge is 0.317 e. The lowest BCUT2D eigenvalue weighted by molar-refractivity contribution is -0.143. The van der Waals surface area contributed by atoms with Crippen LogP contribution >= 0.6 is 11.8 Å². The van der Waals surface area contributed by atoms with Gasteiger partial charge in [0, 0.05) is 25.4 Å². The van der Waals surface area contributed by atoms with Crippen LogP contribution in [0.4, 0.5) is 4.79 Å². The standard InChI is InChI=1S/C12H18N2O3S/c1-2-7-18-8-5-13-12(17)14-6-3-4-10(9-14)11(15)16/h1,10H,3-9H2,(H,13,17)(H,15,16)/t10-/m1/s1. The number of carboxylic acids is 1. The minimum atomic E-state index is -0.822. The van der Waals surface area contributed by atoms with E-state index in [9.17, 15) is 9.59 Å². The number of thioether (sulfide) groups is 1. The Morgan fingerprint density at radius 1 is 1.56 bits per heavy atom. The first-order valence-electron chi connectivity index (χ1n) is 5.92. The van der Waals surface area contributed by atoms with Gasteiger partial charge in [0.1, 0.15) is 0 Å². The Kier molecular flexibility index (Phi) is 6.44. The average molecular weight is 270 g/mol. The predicted molar refractivity (Wildman–Crippen MR) is 71.5 cm³/mol. The molecule has 0 bridgehead atoms. The number of rotatable bonds is 5. The van der Waals surface area contributed by atoms with Crippen LogP contribution < -0.4 is 5.32 Å². The molecule has 2 N–H and O–H groups in total. The van der Waals surface area contributed by atoms with Crippen LogP contribution in [0.5, 0.6) is 0 Å². The van der Waals surface area contributed by atoms with Crippen LogP contribution in [0, 0.1) is 18.3 Å². The zero-order valence-electron chi connectivity index (χ0n) is 10.2. The first kappa shape index (κ1) is 14.7. The second-order valence-corrected chi connectivity index (χ2v) is 5.22. The molecule has 100 valence electrons. The molecule has 0 unspecified atom stereocenters. The SMILES string of the molecule is C#CCSCCNC(=O)N1CCC[C@@H](C(=O)O)C1. The van der Waals surface area contributed by atoms with Gasteiger partial charge in [-0.25, -0.2) is 4.79 Å². The number of nitrogens with one attached hydrogen (secondary N) is 1. The van der Waals surface area contributed by atoms with Gasteiger partial charge in [-0.05, 0) is 12.8 Å². The van der Waals surface area contributed by atoms with Gasteiger partial charge in [-0.2, -0.15) is 0 Å². The number of carbonyl (C=O) groups is 2. The van der Waals surface area contributed by atoms with Gasteiger partial charge in [0.05, 0.1) is 11.7 Å². The number of amides is 2. The summed E-state index contributed by atoms with van der Waals surface area (Å²) in [6.07, 6.45) is 6.51. The van der Waals surface area contributed by atoms with Crippen LogP contribution in [-0.2, 0) is 4.79 Å². The summed E-state index contributed by atoms with van der Waals surface area (Å²) in [5.41, 5.74) is 0. The number of hydrogen-bond donors (Lipinski definition) is 2. The van der Waals surface area contributed by atoms with Gasteiger partial charge < -0.3 is 15.3 Å². The zero-order chi connectivity index (χ0) is 13.4. The van der Waals surface area contributed by atoms with E-state index in [-0.39, 0.29) is 6.03 Å². The summed E-state index contributed by atoms with van der Waals surface area (Å²) in [4.78, 5) is 24.2. The number of terminal acetylenes is 1. The molecular weight excluding hydrogens is 252 g/mol. The van der Waals surface area contributed by atoms with Crippen molar-refractivity contribution in [2.45, 2.75) is 12.8 Å². The number of piperidine rings is 1. The molecule has 18 heavy (non-hydrogen) atoms. The predicted octanol–water partition coefficient (Wildman–Crippen LogP) is 0.859. The average Bonchev–Trinajstić information content (AvgIpc) is 2.38. The molecule has 1 saturated heterocycles. The van der Waals surface area contributed by atoms with Crippen LogP contribution in [0.15, 0.2) is 0 Å². The van der Waals surface area contributed by atoms with E-state index in [4.69, 9.17) is 11.5 Å². The van der Waals surface area contributed by atoms with Crippen molar-refractivity contribution < 1.29 is 14.7 Å². The molecule has 0 aromatic carbocycles. The Balaban J connectivity index is 2.24. The number of urea groups is 1. The van der Waals surface area contributed by atoms with E-state index < -0.39 is 11.9 Å². The lowest BCUT2D eigenvalue weighted by Crippen LogP contribution is -2.47. The lowest BCUT2D eigenvalue weighted by atomic mass is 9.99. The summed E-state index contributed by atoms with van der Waals surface area (Å²) in [6.45, 7) is 1.49. The van der Waals surface area contributed by atoms with E-state index in [0.717, 1.165) is 12.2 Å². The summed E-state index contributed by atoms with van der Waals surface area (Å²) < 4.78 is 0. The summed E-state index contributed by atoms with van der Waals surface area (Å²) >= 11 is 1.58. The molecule has 1 aliphatic heterocycles. The van der Waals surface area contributed by atoms with Crippen molar-refractivity contribution in [1.82, 2.24) is 10.2 Å². The molecule has 0 spiro atoms. The van der Waals surface area contributed by atoms with Crippen LogP contribution in [-0.4, -0.2) is 53.1 Å². The van der Waals surface area contributed by atoms with E-state index in [2.05, 4.69) is 11.2 Å². The van der Waals surface area contributed by atoms with Crippen LogP contribution in [0.2, 0.25) is 0 Å². The molecule has 0 aliphatic carbocycles. The van der Waals surface area contributed by atoms with E-state index >= 15 is 0 Å². The molecule has 1 fully saturated rings. The number of carbonyl (C=O) groups excluding carboxylic acids is 1. The van der Waals surface area contributed by atoms with E-state index in [0.29, 0.717) is 31.8 Å². The highest BCUT2D eigenvalue weighted by Gasteiger charge is 2.27. The number of nitrogens with zero attached hydrogens (tertiary/aromatic N) is 1. The van der Waals surface area contributed by atoms with Gasteiger partial charge in [-0.15, -0.1) is 18.2 Å². The van der Waals surface area contributed by atoms with E-state index in [1.54, 1.807) is 16.7 Å². The maximum Gasteiger partial charge on any atom is 0.317 e. The summed E-state index contributed by atoms with van der Waals surface area (Å²) in [6, 6.07) is -0.178. The quantitative estimate of drug-likeness (QED) is 0.574. The molecule has 1 aliphatic rings. The largest absolute Gasteiger partial charge is 0.481 e. The minimum Gasteiger partial charge on any atom is -0.481 e. The van der Waals surface area contributed by atoms with Crippen LogP contribution in [0.25, 0.3) is 0 Å². The molecule has 0 aromatic heterocycles. The highest BCUT2D eigenvalue weighted by atomic mass is 32.2. The molecule has 6 heteroatoms. The van der Waals surface area contributed by atoms with Crippen molar-refractivity contribution >= 4 is 23.8 Å². The Bertz CT molecular complexity index is 341. The van der Waals surface area contributed by atoms with Crippen molar-refractivity contribution in [2.24, 2.45) is 5.92 Å². The van der Waals surface area contributed by atoms with Gasteiger partial charge in [0.15, 0.2) is 0 Å². The second-order valence-electron chi connectivity index (χ2n) is 4.11. The zero-order valence-corrected chi connectivity index (χ0v) is 11.0. The van der Waals surface area contributed by atoms with Crippen LogP contribution in [0.3, 0.4) is 0 Å². The summed E-state index contributed by atoms with van der Waals surface area (Å²) in [5, 5.41) is 11.7. The van der Waals surface area contributed by atoms with Gasteiger partial charge in [0.25, 0.3) is 0 Å². The van der Waals surface area contributed by atoms with Crippen LogP contribution in [0.1, 0.15) is 12.8 Å². The van der Waals surface area contributed by atoms with Gasteiger partial charge in [-0.1, -0.05) is 5.92 Å². The first-order valence-corrected chi connectivity index (χ1v) is 7.07. The minimum absolute atomic E-state index is 0.178. The third-order valence-corrected chi connectivity index (χ3v) is 3.63. The van der Waals surface area contributed by atoms with Crippen molar-refractivity contribution in [2.75, 3.05) is 31.1 Å². The maximum atomic E-state index is 11.8. The maximum absolute atomic E-state index is 11.8. The normalized spacial score (nSPS) is 19.1. The Hall–Kier alpha value is -1.35. The summed E-state index contributed by atoms with van der Waals surface area (Å²) in [7, 11) is 0. The van der Waals surface area contributed by atoms with Crippen molar-refractivity contribution in [3.8, 4) is 12.3 Å². The lowest BCUT2D eigenvalue weighted by Gasteiger charge is -2.30. The molecule has 0 aromatic rings. The Morgan fingerprint density at radius 3 is 3.00 bits per heavy atom. The van der Waals surface area contributed by atoms with Crippen molar-refractivity contribution in [3.05, 3.63) is 0 Å². The molecule has 0 saturated carbocycles. The number of likely N-dealkylation sites (tertiary alicyclic amines) is 1. The highest BCUT2D eigenvalue weighted by molar-refractivity contribution is 7.99. The fourth-order valence-corrected chi connectivity index (χ4v) is 2.34. The molecule has 1 heterocycles. The molecule has 1 rings (SSSR count). The van der Waals surface area contributed by atoms with Gasteiger partial charge in [0.2, 0.25) is 0 Å². The van der Waals surface area contributed by atoms with Crippen molar-refractivity contribution in [1.29, 1.82) is 0 Å². The van der Waals surface area contributed by atoms with E-state index in [1.165, 1.54) is 0 Å². The topological polar surface area (TPSA) is 69.6 Å². The third kappa shape index (κ3) is 4.88. The molecular formula is C12H18N2O3S. The summed E-state index contributed by atoms with van der Waals surface area (Å²) in [5.74, 6) is 2.67. The fourth-order valence-electron chi connectivity index (χ4n) is 1.84. The van der Waals surface area contributed by atoms with Crippen molar-refractivity contribution in [3.63, 3.8) is 0 Å². The Morgan fingerprint density at radius 2 is 2.33 bits per heavy atom. The number of carboxylic acid groups (broad SMARTS) is 1. The number of aliphatic carboxylic acids is 1. The molecule has 2 amide bonds. The second kappa shape index (κ2) is 7.88. The number of hydrogen-bond acceptors (Lipinski definition) is 3. The van der Waals surface area contributed by atoms with Gasteiger partial charge in [-0.3, -0.25) is 4.79 Å². The first-order chi connectivity index (χ1) is 8.65. The molecule has 0 radical (unpaired) electrons. The third-order valence-electron chi connectivity index (χ3n) is 2.77. The Labute approximate surface area is 111 Å². The fraction of sp³-hybridized carbons (Fsp3) is 0.667.